The maximum Gasteiger partial charge on any atom is 0.135 e. The number of halogens is 2. The second-order valence-electron chi connectivity index (χ2n) is 5.26. The second-order valence-corrected chi connectivity index (χ2v) is 6.97. The van der Waals surface area contributed by atoms with E-state index < -0.39 is 0 Å². The summed E-state index contributed by atoms with van der Waals surface area (Å²) in [6, 6.07) is 5.34. The number of nitrogens with zero attached hydrogens (tertiary/aromatic N) is 1. The van der Waals surface area contributed by atoms with Crippen LogP contribution in [0.15, 0.2) is 21.1 Å². The fourth-order valence-electron chi connectivity index (χ4n) is 2.90. The van der Waals surface area contributed by atoms with Crippen molar-refractivity contribution in [1.29, 1.82) is 0 Å². The molecular weight excluding hydrogens is 384 g/mol. The van der Waals surface area contributed by atoms with Crippen LogP contribution in [-0.2, 0) is 0 Å². The molecule has 20 heavy (non-hydrogen) atoms. The monoisotopic (exact) mass is 404 g/mol. The zero-order valence-electron chi connectivity index (χ0n) is 12.2. The number of hydrogen-bond acceptors (Lipinski definition) is 3. The summed E-state index contributed by atoms with van der Waals surface area (Å²) in [4.78, 5) is 2.47. The molecule has 2 unspecified atom stereocenters. The Kier molecular flexibility index (Phi) is 5.75. The molecule has 0 aromatic heterocycles. The molecule has 1 N–H and O–H groups in total. The van der Waals surface area contributed by atoms with E-state index >= 15 is 0 Å². The van der Waals surface area contributed by atoms with Crippen LogP contribution in [-0.4, -0.2) is 32.3 Å². The number of anilines is 1. The van der Waals surface area contributed by atoms with Gasteiger partial charge in [0.25, 0.3) is 0 Å². The zero-order chi connectivity index (χ0) is 14.7. The van der Waals surface area contributed by atoms with Crippen LogP contribution in [0.2, 0.25) is 0 Å². The van der Waals surface area contributed by atoms with Gasteiger partial charge in [-0.2, -0.15) is 0 Å². The van der Waals surface area contributed by atoms with E-state index in [1.54, 1.807) is 7.11 Å². The number of ether oxygens (including phenoxy) is 1. The van der Waals surface area contributed by atoms with Crippen LogP contribution in [0.4, 0.5) is 5.69 Å². The molecule has 0 aliphatic carbocycles. The number of benzene rings is 1. The van der Waals surface area contributed by atoms with Gasteiger partial charge >= 0.3 is 0 Å². The molecule has 2 atom stereocenters. The SMILES string of the molecule is CCNC1CCN(c2cc(OC)c(Br)cc2Br)C(C)C1. The van der Waals surface area contributed by atoms with Crippen LogP contribution in [0.25, 0.3) is 0 Å². The fraction of sp³-hybridized carbons (Fsp3) is 0.600. The van der Waals surface area contributed by atoms with Gasteiger partial charge in [0.05, 0.1) is 17.3 Å². The van der Waals surface area contributed by atoms with Gasteiger partial charge in [0.15, 0.2) is 0 Å². The predicted molar refractivity (Wildman–Crippen MR) is 91.9 cm³/mol. The number of methoxy groups -OCH3 is 1. The first-order valence-corrected chi connectivity index (χ1v) is 8.68. The average molecular weight is 406 g/mol. The average Bonchev–Trinajstić information content (AvgIpc) is 2.40. The van der Waals surface area contributed by atoms with Crippen molar-refractivity contribution in [2.24, 2.45) is 0 Å². The third-order valence-corrected chi connectivity index (χ3v) is 5.15. The molecule has 1 aromatic rings. The first-order valence-electron chi connectivity index (χ1n) is 7.09. The summed E-state index contributed by atoms with van der Waals surface area (Å²) >= 11 is 7.20. The first kappa shape index (κ1) is 16.1. The number of piperidine rings is 1. The highest BCUT2D eigenvalue weighted by Gasteiger charge is 2.26. The minimum atomic E-state index is 0.523. The lowest BCUT2D eigenvalue weighted by atomic mass is 9.97. The summed E-state index contributed by atoms with van der Waals surface area (Å²) in [5.74, 6) is 0.879. The Bertz CT molecular complexity index is 467. The molecule has 1 saturated heterocycles. The Morgan fingerprint density at radius 2 is 2.10 bits per heavy atom. The molecule has 0 radical (unpaired) electrons. The van der Waals surface area contributed by atoms with E-state index in [1.807, 2.05) is 0 Å². The van der Waals surface area contributed by atoms with Crippen molar-refractivity contribution in [3.8, 4) is 5.75 Å². The lowest BCUT2D eigenvalue weighted by Crippen LogP contribution is -2.47. The van der Waals surface area contributed by atoms with Crippen LogP contribution in [0, 0.1) is 0 Å². The normalized spacial score (nSPS) is 22.9. The van der Waals surface area contributed by atoms with Crippen molar-refractivity contribution in [3.05, 3.63) is 21.1 Å². The standard InChI is InChI=1S/C15H22Br2N2O/c1-4-18-11-5-6-19(10(2)7-11)14-9-15(20-3)13(17)8-12(14)16/h8-11,18H,4-7H2,1-3H3. The summed E-state index contributed by atoms with van der Waals surface area (Å²) in [7, 11) is 1.71. The molecule has 3 nitrogen and oxygen atoms in total. The highest BCUT2D eigenvalue weighted by Crippen LogP contribution is 2.38. The van der Waals surface area contributed by atoms with Crippen molar-refractivity contribution in [1.82, 2.24) is 5.32 Å². The van der Waals surface area contributed by atoms with Crippen LogP contribution in [0.5, 0.6) is 5.75 Å². The molecule has 1 heterocycles. The molecule has 0 spiro atoms. The first-order chi connectivity index (χ1) is 9.56. The summed E-state index contributed by atoms with van der Waals surface area (Å²) in [6.07, 6.45) is 2.36. The van der Waals surface area contributed by atoms with Gasteiger partial charge in [-0.1, -0.05) is 6.92 Å². The zero-order valence-corrected chi connectivity index (χ0v) is 15.4. The van der Waals surface area contributed by atoms with Crippen molar-refractivity contribution in [3.63, 3.8) is 0 Å². The van der Waals surface area contributed by atoms with Crippen molar-refractivity contribution >= 4 is 37.5 Å². The molecule has 2 rings (SSSR count). The lowest BCUT2D eigenvalue weighted by Gasteiger charge is -2.40. The number of rotatable bonds is 4. The van der Waals surface area contributed by atoms with E-state index in [0.29, 0.717) is 12.1 Å². The van der Waals surface area contributed by atoms with Crippen molar-refractivity contribution in [2.75, 3.05) is 25.1 Å². The smallest absolute Gasteiger partial charge is 0.135 e. The Morgan fingerprint density at radius 3 is 2.70 bits per heavy atom. The van der Waals surface area contributed by atoms with E-state index in [0.717, 1.165) is 27.8 Å². The lowest BCUT2D eigenvalue weighted by molar-refractivity contribution is 0.373. The van der Waals surface area contributed by atoms with E-state index in [1.165, 1.54) is 18.5 Å². The van der Waals surface area contributed by atoms with Crippen LogP contribution < -0.4 is 15.0 Å². The highest BCUT2D eigenvalue weighted by atomic mass is 79.9. The maximum absolute atomic E-state index is 5.42. The summed E-state index contributed by atoms with van der Waals surface area (Å²) in [5.41, 5.74) is 1.22. The summed E-state index contributed by atoms with van der Waals surface area (Å²) in [5, 5.41) is 3.56. The minimum Gasteiger partial charge on any atom is -0.495 e. The Hall–Kier alpha value is -0.260. The van der Waals surface area contributed by atoms with Crippen molar-refractivity contribution in [2.45, 2.75) is 38.8 Å². The number of nitrogens with one attached hydrogen (secondary N) is 1. The van der Waals surface area contributed by atoms with Gasteiger partial charge in [-0.25, -0.2) is 0 Å². The van der Waals surface area contributed by atoms with E-state index in [2.05, 4.69) is 68.1 Å². The van der Waals surface area contributed by atoms with Gasteiger partial charge in [-0.15, -0.1) is 0 Å². The van der Waals surface area contributed by atoms with Crippen LogP contribution >= 0.6 is 31.9 Å². The van der Waals surface area contributed by atoms with E-state index in [9.17, 15) is 0 Å². The maximum atomic E-state index is 5.42. The van der Waals surface area contributed by atoms with Crippen LogP contribution in [0.1, 0.15) is 26.7 Å². The second kappa shape index (κ2) is 7.14. The predicted octanol–water partition coefficient (Wildman–Crippen LogP) is 4.19. The minimum absolute atomic E-state index is 0.523. The van der Waals surface area contributed by atoms with Crippen LogP contribution in [0.3, 0.4) is 0 Å². The Labute approximate surface area is 138 Å². The molecule has 5 heteroatoms. The quantitative estimate of drug-likeness (QED) is 0.812. The van der Waals surface area contributed by atoms with Gasteiger partial charge in [-0.05, 0) is 64.2 Å². The Balaban J connectivity index is 2.20. The highest BCUT2D eigenvalue weighted by molar-refractivity contribution is 9.11. The molecule has 112 valence electrons. The number of hydrogen-bond donors (Lipinski definition) is 1. The molecule has 0 saturated carbocycles. The summed E-state index contributed by atoms with van der Waals surface area (Å²) < 4.78 is 7.51. The molecule has 1 aromatic carbocycles. The van der Waals surface area contributed by atoms with Gasteiger partial charge in [0, 0.05) is 29.2 Å². The van der Waals surface area contributed by atoms with E-state index in [-0.39, 0.29) is 0 Å². The third-order valence-electron chi connectivity index (χ3n) is 3.90. The molecule has 1 aliphatic rings. The molecule has 0 amide bonds. The largest absolute Gasteiger partial charge is 0.495 e. The molecule has 1 fully saturated rings. The molecule has 0 bridgehead atoms. The van der Waals surface area contributed by atoms with E-state index in [4.69, 9.17) is 4.74 Å². The van der Waals surface area contributed by atoms with Gasteiger partial charge in [0.2, 0.25) is 0 Å². The fourth-order valence-corrected chi connectivity index (χ4v) is 4.28. The Morgan fingerprint density at radius 1 is 1.35 bits per heavy atom. The summed E-state index contributed by atoms with van der Waals surface area (Å²) in [6.45, 7) is 6.59. The molecular formula is C15H22Br2N2O. The molecule has 1 aliphatic heterocycles. The van der Waals surface area contributed by atoms with Gasteiger partial charge < -0.3 is 15.0 Å². The van der Waals surface area contributed by atoms with Gasteiger partial charge in [0.1, 0.15) is 5.75 Å². The topological polar surface area (TPSA) is 24.5 Å². The van der Waals surface area contributed by atoms with Gasteiger partial charge in [-0.3, -0.25) is 0 Å². The van der Waals surface area contributed by atoms with Crippen molar-refractivity contribution < 1.29 is 4.74 Å². The third kappa shape index (κ3) is 3.49.